The number of likely N-dealkylation sites (N-methyl/N-ethyl adjacent to an activating group) is 1. The molecular weight excluding hydrogens is 126 g/mol. The van der Waals surface area contributed by atoms with Crippen LogP contribution in [0.4, 0.5) is 0 Å². The van der Waals surface area contributed by atoms with Crippen LogP contribution in [0.5, 0.6) is 0 Å². The van der Waals surface area contributed by atoms with Crippen LogP contribution in [0.1, 0.15) is 32.6 Å². The van der Waals surface area contributed by atoms with Gasteiger partial charge in [0.1, 0.15) is 6.29 Å². The molecule has 1 N–H and O–H groups in total. The largest absolute Gasteiger partial charge is 0.311 e. The Kier molecular flexibility index (Phi) is 6.50. The van der Waals surface area contributed by atoms with Crippen molar-refractivity contribution in [3.05, 3.63) is 0 Å². The van der Waals surface area contributed by atoms with Crippen LogP contribution in [-0.2, 0) is 4.79 Å². The van der Waals surface area contributed by atoms with Gasteiger partial charge in [0.15, 0.2) is 0 Å². The fraction of sp³-hybridized carbons (Fsp3) is 0.875. The fourth-order valence-electron chi connectivity index (χ4n) is 0.895. The molecule has 60 valence electrons. The number of aldehydes is 1. The Balaban J connectivity index is 3.17. The summed E-state index contributed by atoms with van der Waals surface area (Å²) in [6.07, 6.45) is 5.56. The molecule has 0 aromatic heterocycles. The van der Waals surface area contributed by atoms with Crippen molar-refractivity contribution in [1.29, 1.82) is 0 Å². The number of hydrogen-bond acceptors (Lipinski definition) is 2. The highest BCUT2D eigenvalue weighted by molar-refractivity contribution is 5.57. The van der Waals surface area contributed by atoms with Gasteiger partial charge in [-0.1, -0.05) is 26.2 Å². The van der Waals surface area contributed by atoms with E-state index in [1.165, 1.54) is 12.8 Å². The van der Waals surface area contributed by atoms with E-state index in [9.17, 15) is 4.79 Å². The second-order valence-corrected chi connectivity index (χ2v) is 2.53. The van der Waals surface area contributed by atoms with Gasteiger partial charge in [-0.15, -0.1) is 0 Å². The second-order valence-electron chi connectivity index (χ2n) is 2.53. The third-order valence-electron chi connectivity index (χ3n) is 1.65. The van der Waals surface area contributed by atoms with E-state index in [1.807, 2.05) is 7.05 Å². The lowest BCUT2D eigenvalue weighted by Crippen LogP contribution is -2.26. The number of nitrogens with one attached hydrogen (secondary N) is 1. The standard InChI is InChI=1S/C8H17NO/c1-3-4-5-6-8(7-10)9-2/h7-9H,3-6H2,1-2H3. The van der Waals surface area contributed by atoms with Gasteiger partial charge in [-0.05, 0) is 13.5 Å². The molecule has 0 radical (unpaired) electrons. The molecule has 0 saturated carbocycles. The molecule has 1 unspecified atom stereocenters. The Morgan fingerprint density at radius 2 is 2.20 bits per heavy atom. The number of carbonyl (C=O) groups excluding carboxylic acids is 1. The topological polar surface area (TPSA) is 29.1 Å². The molecular formula is C8H17NO. The molecule has 0 aliphatic carbocycles. The summed E-state index contributed by atoms with van der Waals surface area (Å²) in [6, 6.07) is 0.0755. The Hall–Kier alpha value is -0.370. The fourth-order valence-corrected chi connectivity index (χ4v) is 0.895. The Morgan fingerprint density at radius 1 is 1.50 bits per heavy atom. The molecule has 0 aromatic rings. The number of carbonyl (C=O) groups is 1. The van der Waals surface area contributed by atoms with E-state index in [0.29, 0.717) is 0 Å². The van der Waals surface area contributed by atoms with Gasteiger partial charge < -0.3 is 10.1 Å². The molecule has 0 bridgehead atoms. The van der Waals surface area contributed by atoms with Crippen molar-refractivity contribution in [2.45, 2.75) is 38.6 Å². The van der Waals surface area contributed by atoms with E-state index in [0.717, 1.165) is 19.1 Å². The zero-order valence-corrected chi connectivity index (χ0v) is 6.89. The SMILES string of the molecule is CCCCCC(C=O)NC. The van der Waals surface area contributed by atoms with Crippen molar-refractivity contribution in [2.75, 3.05) is 7.05 Å². The summed E-state index contributed by atoms with van der Waals surface area (Å²) in [4.78, 5) is 10.3. The highest BCUT2D eigenvalue weighted by Gasteiger charge is 2.00. The molecule has 0 heterocycles. The van der Waals surface area contributed by atoms with Gasteiger partial charge in [0.2, 0.25) is 0 Å². The minimum atomic E-state index is 0.0755. The first kappa shape index (κ1) is 9.63. The lowest BCUT2D eigenvalue weighted by Gasteiger charge is -2.06. The lowest BCUT2D eigenvalue weighted by molar-refractivity contribution is -0.109. The summed E-state index contributed by atoms with van der Waals surface area (Å²) in [5.41, 5.74) is 0. The van der Waals surface area contributed by atoms with Crippen LogP contribution in [0.3, 0.4) is 0 Å². The van der Waals surface area contributed by atoms with Gasteiger partial charge in [-0.25, -0.2) is 0 Å². The summed E-state index contributed by atoms with van der Waals surface area (Å²) in [5, 5.41) is 2.94. The van der Waals surface area contributed by atoms with Crippen LogP contribution in [0.15, 0.2) is 0 Å². The van der Waals surface area contributed by atoms with Gasteiger partial charge >= 0.3 is 0 Å². The van der Waals surface area contributed by atoms with E-state index in [-0.39, 0.29) is 6.04 Å². The summed E-state index contributed by atoms with van der Waals surface area (Å²) in [7, 11) is 1.82. The van der Waals surface area contributed by atoms with Crippen LogP contribution in [0.25, 0.3) is 0 Å². The van der Waals surface area contributed by atoms with Gasteiger partial charge in [0, 0.05) is 0 Å². The van der Waals surface area contributed by atoms with Crippen molar-refractivity contribution < 1.29 is 4.79 Å². The Morgan fingerprint density at radius 3 is 2.60 bits per heavy atom. The van der Waals surface area contributed by atoms with Crippen molar-refractivity contribution in [3.63, 3.8) is 0 Å². The maximum Gasteiger partial charge on any atom is 0.136 e. The Bertz CT molecular complexity index is 83.3. The maximum atomic E-state index is 10.3. The van der Waals surface area contributed by atoms with Crippen LogP contribution >= 0.6 is 0 Å². The van der Waals surface area contributed by atoms with E-state index < -0.39 is 0 Å². The van der Waals surface area contributed by atoms with Crippen molar-refractivity contribution >= 4 is 6.29 Å². The number of unbranched alkanes of at least 4 members (excludes halogenated alkanes) is 2. The van der Waals surface area contributed by atoms with Crippen molar-refractivity contribution in [3.8, 4) is 0 Å². The van der Waals surface area contributed by atoms with Gasteiger partial charge in [0.05, 0.1) is 6.04 Å². The molecule has 0 spiro atoms. The highest BCUT2D eigenvalue weighted by atomic mass is 16.1. The maximum absolute atomic E-state index is 10.3. The number of hydrogen-bond donors (Lipinski definition) is 1. The van der Waals surface area contributed by atoms with Crippen LogP contribution in [0.2, 0.25) is 0 Å². The molecule has 0 aliphatic rings. The summed E-state index contributed by atoms with van der Waals surface area (Å²) in [6.45, 7) is 2.16. The average molecular weight is 143 g/mol. The quantitative estimate of drug-likeness (QED) is 0.449. The lowest BCUT2D eigenvalue weighted by atomic mass is 10.1. The molecule has 0 amide bonds. The zero-order chi connectivity index (χ0) is 7.82. The third-order valence-corrected chi connectivity index (χ3v) is 1.65. The predicted octanol–water partition coefficient (Wildman–Crippen LogP) is 1.35. The van der Waals surface area contributed by atoms with Crippen LogP contribution in [-0.4, -0.2) is 19.4 Å². The molecule has 0 aliphatic heterocycles. The summed E-state index contributed by atoms with van der Waals surface area (Å²) >= 11 is 0. The first-order valence-corrected chi connectivity index (χ1v) is 3.97. The monoisotopic (exact) mass is 143 g/mol. The molecule has 0 rings (SSSR count). The summed E-state index contributed by atoms with van der Waals surface area (Å²) in [5.74, 6) is 0. The van der Waals surface area contributed by atoms with Crippen molar-refractivity contribution in [1.82, 2.24) is 5.32 Å². The smallest absolute Gasteiger partial charge is 0.136 e. The van der Waals surface area contributed by atoms with Gasteiger partial charge in [-0.3, -0.25) is 0 Å². The van der Waals surface area contributed by atoms with Crippen LogP contribution in [0, 0.1) is 0 Å². The van der Waals surface area contributed by atoms with E-state index in [4.69, 9.17) is 0 Å². The number of rotatable bonds is 6. The van der Waals surface area contributed by atoms with Gasteiger partial charge in [-0.2, -0.15) is 0 Å². The first-order chi connectivity index (χ1) is 4.85. The molecule has 1 atom stereocenters. The van der Waals surface area contributed by atoms with E-state index >= 15 is 0 Å². The zero-order valence-electron chi connectivity index (χ0n) is 6.89. The summed E-state index contributed by atoms with van der Waals surface area (Å²) < 4.78 is 0. The molecule has 0 saturated heterocycles. The highest BCUT2D eigenvalue weighted by Crippen LogP contribution is 2.00. The molecule has 10 heavy (non-hydrogen) atoms. The van der Waals surface area contributed by atoms with Gasteiger partial charge in [0.25, 0.3) is 0 Å². The molecule has 0 aromatic carbocycles. The molecule has 0 fully saturated rings. The average Bonchev–Trinajstić information content (AvgIpc) is 1.99. The van der Waals surface area contributed by atoms with Crippen molar-refractivity contribution in [2.24, 2.45) is 0 Å². The predicted molar refractivity (Wildman–Crippen MR) is 43.1 cm³/mol. The first-order valence-electron chi connectivity index (χ1n) is 3.97. The Labute approximate surface area is 63.0 Å². The minimum absolute atomic E-state index is 0.0755. The van der Waals surface area contributed by atoms with Crippen LogP contribution < -0.4 is 5.32 Å². The molecule has 2 nitrogen and oxygen atoms in total. The third kappa shape index (κ3) is 4.50. The van der Waals surface area contributed by atoms with E-state index in [2.05, 4.69) is 12.2 Å². The molecule has 2 heteroatoms. The minimum Gasteiger partial charge on any atom is -0.311 e. The van der Waals surface area contributed by atoms with E-state index in [1.54, 1.807) is 0 Å². The normalized spacial score (nSPS) is 13.0. The second kappa shape index (κ2) is 6.75.